The second-order valence-corrected chi connectivity index (χ2v) is 9.02. The molecule has 1 atom stereocenters. The van der Waals surface area contributed by atoms with Crippen LogP contribution in [0.3, 0.4) is 0 Å². The van der Waals surface area contributed by atoms with E-state index in [1.54, 1.807) is 13.4 Å². The van der Waals surface area contributed by atoms with E-state index in [4.69, 9.17) is 4.74 Å². The molecule has 6 heteroatoms. The molecule has 2 heterocycles. The molecule has 0 N–H and O–H groups in total. The van der Waals surface area contributed by atoms with E-state index >= 15 is 0 Å². The van der Waals surface area contributed by atoms with Crippen molar-refractivity contribution in [3.63, 3.8) is 0 Å². The number of para-hydroxylation sites is 1. The topological polar surface area (TPSA) is 58.6 Å². The van der Waals surface area contributed by atoms with Crippen molar-refractivity contribution in [3.05, 3.63) is 103 Å². The minimum Gasteiger partial charge on any atom is -0.497 e. The Bertz CT molecular complexity index is 1280. The number of hydrogen-bond acceptors (Lipinski definition) is 5. The highest BCUT2D eigenvalue weighted by atomic mass is 16.5. The van der Waals surface area contributed by atoms with Gasteiger partial charge in [0.05, 0.1) is 25.3 Å². The third kappa shape index (κ3) is 5.38. The zero-order valence-electron chi connectivity index (χ0n) is 20.5. The van der Waals surface area contributed by atoms with E-state index in [2.05, 4.69) is 27.0 Å². The van der Waals surface area contributed by atoms with Crippen LogP contribution in [0.15, 0.2) is 97.3 Å². The van der Waals surface area contributed by atoms with Gasteiger partial charge in [0.25, 0.3) is 0 Å². The van der Waals surface area contributed by atoms with Gasteiger partial charge in [-0.2, -0.15) is 0 Å². The zero-order valence-corrected chi connectivity index (χ0v) is 20.5. The highest BCUT2D eigenvalue weighted by Crippen LogP contribution is 2.28. The molecule has 0 saturated carbocycles. The maximum absolute atomic E-state index is 13.9. The largest absolute Gasteiger partial charge is 0.497 e. The van der Waals surface area contributed by atoms with Gasteiger partial charge in [-0.3, -0.25) is 4.79 Å². The Morgan fingerprint density at radius 2 is 1.69 bits per heavy atom. The lowest BCUT2D eigenvalue weighted by Crippen LogP contribution is -2.45. The number of carbonyl (C=O) groups is 1. The molecule has 1 unspecified atom stereocenters. The summed E-state index contributed by atoms with van der Waals surface area (Å²) >= 11 is 0. The summed E-state index contributed by atoms with van der Waals surface area (Å²) in [5.41, 5.74) is 3.89. The van der Waals surface area contributed by atoms with Crippen molar-refractivity contribution in [2.45, 2.75) is 19.4 Å². The minimum absolute atomic E-state index is 0.109. The average molecular weight is 479 g/mol. The third-order valence-corrected chi connectivity index (χ3v) is 6.65. The summed E-state index contributed by atoms with van der Waals surface area (Å²) in [6.45, 7) is 2.05. The lowest BCUT2D eigenvalue weighted by molar-refractivity contribution is -0.122. The Hall–Kier alpha value is -4.19. The fourth-order valence-electron chi connectivity index (χ4n) is 4.72. The van der Waals surface area contributed by atoms with Crippen molar-refractivity contribution in [3.8, 4) is 17.0 Å². The Kier molecular flexibility index (Phi) is 7.22. The van der Waals surface area contributed by atoms with Crippen LogP contribution in [0.1, 0.15) is 18.4 Å². The molecule has 0 bridgehead atoms. The molecule has 182 valence electrons. The number of carbonyl (C=O) groups excluding carboxylic acids is 1. The number of benzene rings is 3. The zero-order chi connectivity index (χ0) is 24.7. The molecule has 1 amide bonds. The molecule has 1 aliphatic rings. The predicted octanol–water partition coefficient (Wildman–Crippen LogP) is 5.60. The van der Waals surface area contributed by atoms with Crippen LogP contribution >= 0.6 is 0 Å². The van der Waals surface area contributed by atoms with Gasteiger partial charge in [-0.1, -0.05) is 48.5 Å². The van der Waals surface area contributed by atoms with Crippen LogP contribution in [0.2, 0.25) is 0 Å². The molecule has 3 aromatic carbocycles. The monoisotopic (exact) mass is 478 g/mol. The first-order valence-corrected chi connectivity index (χ1v) is 12.3. The summed E-state index contributed by atoms with van der Waals surface area (Å²) in [7, 11) is 1.66. The summed E-state index contributed by atoms with van der Waals surface area (Å²) in [5.74, 6) is 1.70. The third-order valence-electron chi connectivity index (χ3n) is 6.65. The quantitative estimate of drug-likeness (QED) is 0.346. The van der Waals surface area contributed by atoms with Crippen LogP contribution in [-0.4, -0.2) is 36.1 Å². The van der Waals surface area contributed by atoms with Crippen LogP contribution < -0.4 is 14.5 Å². The average Bonchev–Trinajstić information content (AvgIpc) is 2.97. The summed E-state index contributed by atoms with van der Waals surface area (Å²) in [6.07, 6.45) is 3.40. The van der Waals surface area contributed by atoms with Crippen molar-refractivity contribution in [1.82, 2.24) is 9.97 Å². The van der Waals surface area contributed by atoms with Gasteiger partial charge >= 0.3 is 0 Å². The molecule has 1 aliphatic heterocycles. The van der Waals surface area contributed by atoms with Gasteiger partial charge in [0.1, 0.15) is 17.9 Å². The van der Waals surface area contributed by atoms with Gasteiger partial charge in [-0.15, -0.1) is 0 Å². The SMILES string of the molecule is COc1ccc(-c2cc(N3CCCC(C(=O)N(Cc4ccccc4)c4ccccc4)C3)ncn2)cc1. The standard InChI is InChI=1S/C30H30N4O2/c1-36-27-16-14-24(15-17-27)28-19-29(32-22-31-28)33-18-8-11-25(21-33)30(35)34(26-12-6-3-7-13-26)20-23-9-4-2-5-10-23/h2-7,9-10,12-17,19,22,25H,8,11,18,20-21H2,1H3. The summed E-state index contributed by atoms with van der Waals surface area (Å²) in [4.78, 5) is 27.0. The van der Waals surface area contributed by atoms with Crippen LogP contribution in [0.25, 0.3) is 11.3 Å². The fourth-order valence-corrected chi connectivity index (χ4v) is 4.72. The smallest absolute Gasteiger partial charge is 0.232 e. The number of nitrogens with zero attached hydrogens (tertiary/aromatic N) is 4. The van der Waals surface area contributed by atoms with Gasteiger partial charge in [0.2, 0.25) is 5.91 Å². The molecule has 6 nitrogen and oxygen atoms in total. The van der Waals surface area contributed by atoms with E-state index in [1.165, 1.54) is 0 Å². The molecule has 1 aromatic heterocycles. The second-order valence-electron chi connectivity index (χ2n) is 9.02. The van der Waals surface area contributed by atoms with E-state index in [0.717, 1.165) is 53.5 Å². The van der Waals surface area contributed by atoms with Crippen LogP contribution in [-0.2, 0) is 11.3 Å². The normalized spacial score (nSPS) is 15.4. The van der Waals surface area contributed by atoms with E-state index in [1.807, 2.05) is 83.8 Å². The molecule has 1 saturated heterocycles. The number of hydrogen-bond donors (Lipinski definition) is 0. The molecule has 1 fully saturated rings. The van der Waals surface area contributed by atoms with Crippen molar-refractivity contribution in [1.29, 1.82) is 0 Å². The minimum atomic E-state index is -0.109. The summed E-state index contributed by atoms with van der Waals surface area (Å²) in [5, 5.41) is 0. The van der Waals surface area contributed by atoms with Gasteiger partial charge in [0, 0.05) is 30.4 Å². The molecule has 0 aliphatic carbocycles. The molecule has 36 heavy (non-hydrogen) atoms. The molecular weight excluding hydrogens is 448 g/mol. The first-order chi connectivity index (χ1) is 17.7. The Morgan fingerprint density at radius 3 is 2.42 bits per heavy atom. The number of anilines is 2. The van der Waals surface area contributed by atoms with Crippen molar-refractivity contribution >= 4 is 17.4 Å². The lowest BCUT2D eigenvalue weighted by atomic mass is 9.95. The van der Waals surface area contributed by atoms with Gasteiger partial charge < -0.3 is 14.5 Å². The molecule has 0 radical (unpaired) electrons. The number of aromatic nitrogens is 2. The predicted molar refractivity (Wildman–Crippen MR) is 143 cm³/mol. The number of ether oxygens (including phenoxy) is 1. The molecule has 4 aromatic rings. The van der Waals surface area contributed by atoms with E-state index in [9.17, 15) is 4.79 Å². The number of amides is 1. The summed E-state index contributed by atoms with van der Waals surface area (Å²) in [6, 6.07) is 30.0. The Morgan fingerprint density at radius 1 is 0.972 bits per heavy atom. The summed E-state index contributed by atoms with van der Waals surface area (Å²) < 4.78 is 5.27. The Balaban J connectivity index is 1.36. The first-order valence-electron chi connectivity index (χ1n) is 12.3. The molecular formula is C30H30N4O2. The maximum atomic E-state index is 13.9. The second kappa shape index (κ2) is 11.0. The lowest BCUT2D eigenvalue weighted by Gasteiger charge is -2.35. The number of piperidine rings is 1. The van der Waals surface area contributed by atoms with E-state index in [0.29, 0.717) is 13.1 Å². The van der Waals surface area contributed by atoms with Crippen molar-refractivity contribution in [2.75, 3.05) is 30.0 Å². The fraction of sp³-hybridized carbons (Fsp3) is 0.233. The van der Waals surface area contributed by atoms with Crippen LogP contribution in [0, 0.1) is 5.92 Å². The van der Waals surface area contributed by atoms with Gasteiger partial charge in [0.15, 0.2) is 0 Å². The maximum Gasteiger partial charge on any atom is 0.232 e. The highest BCUT2D eigenvalue weighted by Gasteiger charge is 2.31. The van der Waals surface area contributed by atoms with E-state index in [-0.39, 0.29) is 11.8 Å². The Labute approximate surface area is 212 Å². The van der Waals surface area contributed by atoms with E-state index < -0.39 is 0 Å². The highest BCUT2D eigenvalue weighted by molar-refractivity contribution is 5.95. The number of rotatable bonds is 7. The van der Waals surface area contributed by atoms with Gasteiger partial charge in [-0.25, -0.2) is 9.97 Å². The van der Waals surface area contributed by atoms with Gasteiger partial charge in [-0.05, 0) is 54.8 Å². The van der Waals surface area contributed by atoms with Crippen LogP contribution in [0.4, 0.5) is 11.5 Å². The van der Waals surface area contributed by atoms with Crippen molar-refractivity contribution < 1.29 is 9.53 Å². The number of methoxy groups -OCH3 is 1. The van der Waals surface area contributed by atoms with Crippen molar-refractivity contribution in [2.24, 2.45) is 5.92 Å². The van der Waals surface area contributed by atoms with Crippen LogP contribution in [0.5, 0.6) is 5.75 Å². The molecule has 0 spiro atoms. The molecule has 5 rings (SSSR count). The first kappa shape index (κ1) is 23.5.